The van der Waals surface area contributed by atoms with Crippen molar-refractivity contribution >= 4 is 27.3 Å². The van der Waals surface area contributed by atoms with E-state index in [-0.39, 0.29) is 17.3 Å². The molecular weight excluding hydrogens is 401 g/mol. The first kappa shape index (κ1) is 18.8. The van der Waals surface area contributed by atoms with Gasteiger partial charge in [0, 0.05) is 36.6 Å². The molecule has 1 aliphatic rings. The minimum absolute atomic E-state index is 0.111. The normalized spacial score (nSPS) is 16.1. The maximum atomic E-state index is 13.4. The van der Waals surface area contributed by atoms with Crippen molar-refractivity contribution in [2.24, 2.45) is 0 Å². The molecule has 0 unspecified atom stereocenters. The second kappa shape index (κ2) is 7.48. The smallest absolute Gasteiger partial charge is 0.153 e. The fourth-order valence-corrected chi connectivity index (χ4v) is 4.61. The molecule has 0 spiro atoms. The van der Waals surface area contributed by atoms with Gasteiger partial charge in [-0.1, -0.05) is 23.7 Å². The minimum Gasteiger partial charge on any atom is -0.355 e. The molecule has 3 aromatic rings. The van der Waals surface area contributed by atoms with Crippen molar-refractivity contribution in [1.82, 2.24) is 9.97 Å². The third kappa shape index (κ3) is 3.86. The molecule has 0 atom stereocenters. The summed E-state index contributed by atoms with van der Waals surface area (Å²) < 4.78 is 36.8. The van der Waals surface area contributed by atoms with E-state index in [0.29, 0.717) is 35.2 Å². The first-order valence-corrected chi connectivity index (χ1v) is 11.0. The fourth-order valence-electron chi connectivity index (χ4n) is 3.20. The Morgan fingerprint density at radius 2 is 1.68 bits per heavy atom. The second-order valence-electron chi connectivity index (χ2n) is 6.57. The van der Waals surface area contributed by atoms with Crippen LogP contribution in [0.4, 0.5) is 10.2 Å². The molecule has 0 aliphatic carbocycles. The molecule has 0 N–H and O–H groups in total. The molecule has 5 nitrogen and oxygen atoms in total. The third-order valence-electron chi connectivity index (χ3n) is 4.73. The van der Waals surface area contributed by atoms with Gasteiger partial charge in [-0.15, -0.1) is 0 Å². The van der Waals surface area contributed by atoms with Crippen LogP contribution in [0.3, 0.4) is 0 Å². The maximum absolute atomic E-state index is 13.4. The van der Waals surface area contributed by atoms with E-state index >= 15 is 0 Å². The van der Waals surface area contributed by atoms with E-state index in [0.717, 1.165) is 11.1 Å². The van der Waals surface area contributed by atoms with Crippen molar-refractivity contribution in [3.63, 3.8) is 0 Å². The van der Waals surface area contributed by atoms with Crippen LogP contribution in [0.15, 0.2) is 54.9 Å². The third-order valence-corrected chi connectivity index (χ3v) is 6.64. The Kier molecular flexibility index (Phi) is 5.03. The Balaban J connectivity index is 1.81. The highest BCUT2D eigenvalue weighted by atomic mass is 35.5. The van der Waals surface area contributed by atoms with Crippen LogP contribution >= 0.6 is 11.6 Å². The van der Waals surface area contributed by atoms with Crippen LogP contribution in [0.25, 0.3) is 22.4 Å². The summed E-state index contributed by atoms with van der Waals surface area (Å²) in [6.45, 7) is 0.795. The van der Waals surface area contributed by atoms with E-state index in [1.54, 1.807) is 30.6 Å². The zero-order valence-electron chi connectivity index (χ0n) is 14.8. The average Bonchev–Trinajstić information content (AvgIpc) is 2.69. The van der Waals surface area contributed by atoms with Crippen LogP contribution in [-0.2, 0) is 9.84 Å². The maximum Gasteiger partial charge on any atom is 0.153 e. The van der Waals surface area contributed by atoms with Crippen LogP contribution in [0.5, 0.6) is 0 Å². The summed E-state index contributed by atoms with van der Waals surface area (Å²) in [5, 5.41) is 0.455. The van der Waals surface area contributed by atoms with Gasteiger partial charge in [-0.05, 0) is 35.9 Å². The predicted octanol–water partition coefficient (Wildman–Crippen LogP) is 3.84. The first-order chi connectivity index (χ1) is 13.4. The number of pyridine rings is 2. The number of rotatable bonds is 3. The van der Waals surface area contributed by atoms with E-state index in [2.05, 4.69) is 4.98 Å². The number of hydrogen-bond donors (Lipinski definition) is 0. The summed E-state index contributed by atoms with van der Waals surface area (Å²) in [5.74, 6) is 0.592. The van der Waals surface area contributed by atoms with Crippen LogP contribution in [-0.4, -0.2) is 43.0 Å². The van der Waals surface area contributed by atoms with E-state index in [9.17, 15) is 12.8 Å². The van der Waals surface area contributed by atoms with Crippen molar-refractivity contribution in [3.8, 4) is 22.4 Å². The van der Waals surface area contributed by atoms with Gasteiger partial charge in [-0.3, -0.25) is 4.98 Å². The summed E-state index contributed by atoms with van der Waals surface area (Å²) in [7, 11) is -2.98. The molecular formula is C20H17ClFN3O2S. The molecule has 4 rings (SSSR count). The van der Waals surface area contributed by atoms with Crippen molar-refractivity contribution in [2.45, 2.75) is 0 Å². The lowest BCUT2D eigenvalue weighted by atomic mass is 9.99. The summed E-state index contributed by atoms with van der Waals surface area (Å²) in [5.41, 5.74) is 2.97. The van der Waals surface area contributed by atoms with Crippen LogP contribution in [0.1, 0.15) is 0 Å². The molecule has 0 radical (unpaired) electrons. The fraction of sp³-hybridized carbons (Fsp3) is 0.200. The van der Waals surface area contributed by atoms with Crippen LogP contribution in [0, 0.1) is 5.82 Å². The zero-order valence-corrected chi connectivity index (χ0v) is 16.4. The Labute approximate surface area is 167 Å². The molecule has 1 fully saturated rings. The molecule has 28 heavy (non-hydrogen) atoms. The lowest BCUT2D eigenvalue weighted by Gasteiger charge is -2.28. The van der Waals surface area contributed by atoms with Crippen LogP contribution < -0.4 is 4.90 Å². The van der Waals surface area contributed by atoms with Gasteiger partial charge in [0.25, 0.3) is 0 Å². The van der Waals surface area contributed by atoms with Gasteiger partial charge in [0.1, 0.15) is 11.6 Å². The Hall–Kier alpha value is -2.51. The van der Waals surface area contributed by atoms with E-state index < -0.39 is 9.84 Å². The highest BCUT2D eigenvalue weighted by Gasteiger charge is 2.23. The largest absolute Gasteiger partial charge is 0.355 e. The van der Waals surface area contributed by atoms with Crippen molar-refractivity contribution in [1.29, 1.82) is 0 Å². The number of sulfone groups is 1. The highest BCUT2D eigenvalue weighted by molar-refractivity contribution is 7.91. The first-order valence-electron chi connectivity index (χ1n) is 8.75. The highest BCUT2D eigenvalue weighted by Crippen LogP contribution is 2.36. The van der Waals surface area contributed by atoms with E-state index in [1.165, 1.54) is 12.1 Å². The van der Waals surface area contributed by atoms with Crippen molar-refractivity contribution in [3.05, 3.63) is 65.7 Å². The molecule has 1 saturated heterocycles. The monoisotopic (exact) mass is 417 g/mol. The molecule has 144 valence electrons. The molecule has 3 heterocycles. The standard InChI is InChI=1S/C20H17ClFN3O2S/c21-18-13-23-8-7-17(18)20-16(14-1-3-15(22)4-2-14)5-6-19(24-20)25-9-11-28(26,27)12-10-25/h1-8,13H,9-12H2. The number of hydrogen-bond acceptors (Lipinski definition) is 5. The molecule has 8 heteroatoms. The zero-order chi connectivity index (χ0) is 19.7. The Morgan fingerprint density at radius 3 is 2.36 bits per heavy atom. The van der Waals surface area contributed by atoms with Gasteiger partial charge in [0.2, 0.25) is 0 Å². The van der Waals surface area contributed by atoms with Gasteiger partial charge in [0.05, 0.1) is 22.2 Å². The second-order valence-corrected chi connectivity index (χ2v) is 9.28. The lowest BCUT2D eigenvalue weighted by molar-refractivity contribution is 0.586. The number of aromatic nitrogens is 2. The van der Waals surface area contributed by atoms with Crippen molar-refractivity contribution in [2.75, 3.05) is 29.5 Å². The summed E-state index contributed by atoms with van der Waals surface area (Å²) in [4.78, 5) is 10.8. The van der Waals surface area contributed by atoms with Gasteiger partial charge in [0.15, 0.2) is 9.84 Å². The Morgan fingerprint density at radius 1 is 0.964 bits per heavy atom. The Bertz CT molecular complexity index is 1110. The number of benzene rings is 1. The molecule has 0 bridgehead atoms. The molecule has 0 amide bonds. The summed E-state index contributed by atoms with van der Waals surface area (Å²) in [6.07, 6.45) is 3.19. The lowest BCUT2D eigenvalue weighted by Crippen LogP contribution is -2.40. The molecule has 1 aliphatic heterocycles. The summed E-state index contributed by atoms with van der Waals surface area (Å²) >= 11 is 6.36. The number of halogens is 2. The summed E-state index contributed by atoms with van der Waals surface area (Å²) in [6, 6.07) is 11.7. The van der Waals surface area contributed by atoms with Crippen LogP contribution in [0.2, 0.25) is 5.02 Å². The van der Waals surface area contributed by atoms with E-state index in [1.807, 2.05) is 17.0 Å². The van der Waals surface area contributed by atoms with Crippen molar-refractivity contribution < 1.29 is 12.8 Å². The molecule has 0 saturated carbocycles. The van der Waals surface area contributed by atoms with Gasteiger partial charge in [-0.2, -0.15) is 0 Å². The molecule has 2 aromatic heterocycles. The number of anilines is 1. The topological polar surface area (TPSA) is 63.2 Å². The average molecular weight is 418 g/mol. The predicted molar refractivity (Wildman–Crippen MR) is 109 cm³/mol. The number of nitrogens with zero attached hydrogens (tertiary/aromatic N) is 3. The van der Waals surface area contributed by atoms with E-state index in [4.69, 9.17) is 16.6 Å². The van der Waals surface area contributed by atoms with Gasteiger partial charge >= 0.3 is 0 Å². The SMILES string of the molecule is O=S1(=O)CCN(c2ccc(-c3ccc(F)cc3)c(-c3ccncc3Cl)n2)CC1. The van der Waals surface area contributed by atoms with Gasteiger partial charge in [-0.25, -0.2) is 17.8 Å². The van der Waals surface area contributed by atoms with Gasteiger partial charge < -0.3 is 4.90 Å². The molecule has 1 aromatic carbocycles. The minimum atomic E-state index is -2.98. The quantitative estimate of drug-likeness (QED) is 0.648.